The van der Waals surface area contributed by atoms with Crippen molar-refractivity contribution >= 4 is 12.1 Å². The van der Waals surface area contributed by atoms with E-state index in [1.165, 1.54) is 0 Å². The van der Waals surface area contributed by atoms with E-state index in [2.05, 4.69) is 22.7 Å². The molecule has 0 unspecified atom stereocenters. The van der Waals surface area contributed by atoms with Crippen molar-refractivity contribution in [2.75, 3.05) is 13.2 Å². The van der Waals surface area contributed by atoms with Crippen molar-refractivity contribution in [3.05, 3.63) is 72.3 Å². The number of rotatable bonds is 8. The van der Waals surface area contributed by atoms with Gasteiger partial charge in [-0.15, -0.1) is 0 Å². The molecule has 1 N–H and O–H groups in total. The van der Waals surface area contributed by atoms with Gasteiger partial charge < -0.3 is 9.47 Å². The molecule has 2 aromatic rings. The third kappa shape index (κ3) is 5.99. The Bertz CT molecular complexity index is 787. The molecule has 1 aliphatic carbocycles. The van der Waals surface area contributed by atoms with Gasteiger partial charge in [0.1, 0.15) is 24.7 Å². The van der Waals surface area contributed by atoms with E-state index in [1.807, 2.05) is 42.6 Å². The number of nitrogens with one attached hydrogen (secondary N) is 1. The largest absolute Gasteiger partial charge is 0.490 e. The number of hydrogen-bond acceptors (Lipinski definition) is 4. The van der Waals surface area contributed by atoms with Crippen LogP contribution in [0.4, 0.5) is 0 Å². The fraction of sp³-hybridized carbons (Fsp3) is 0.273. The van der Waals surface area contributed by atoms with Gasteiger partial charge in [0.05, 0.1) is 5.56 Å². The Labute approximate surface area is 159 Å². The molecule has 1 amide bonds. The van der Waals surface area contributed by atoms with Crippen molar-refractivity contribution in [1.29, 1.82) is 0 Å². The number of hydrogen-bond donors (Lipinski definition) is 1. The summed E-state index contributed by atoms with van der Waals surface area (Å²) < 4.78 is 11.3. The van der Waals surface area contributed by atoms with Gasteiger partial charge in [-0.3, -0.25) is 4.79 Å². The van der Waals surface area contributed by atoms with Crippen LogP contribution >= 0.6 is 0 Å². The van der Waals surface area contributed by atoms with Crippen LogP contribution in [0.15, 0.2) is 71.9 Å². The minimum absolute atomic E-state index is 0.280. The predicted molar refractivity (Wildman–Crippen MR) is 106 cm³/mol. The first-order chi connectivity index (χ1) is 13.3. The first-order valence-electron chi connectivity index (χ1n) is 9.21. The SMILES string of the molecule is O=C(N/N=C\[C@@H]1CC=CCC1)c1ccccc1OCCOc1ccccc1. The van der Waals surface area contributed by atoms with Crippen LogP contribution in [0.2, 0.25) is 0 Å². The zero-order chi connectivity index (χ0) is 18.7. The smallest absolute Gasteiger partial charge is 0.275 e. The number of carbonyl (C=O) groups is 1. The van der Waals surface area contributed by atoms with Gasteiger partial charge >= 0.3 is 0 Å². The predicted octanol–water partition coefficient (Wildman–Crippen LogP) is 4.22. The molecular weight excluding hydrogens is 340 g/mol. The second-order valence-electron chi connectivity index (χ2n) is 6.27. The van der Waals surface area contributed by atoms with Gasteiger partial charge in [0.25, 0.3) is 5.91 Å². The maximum Gasteiger partial charge on any atom is 0.275 e. The van der Waals surface area contributed by atoms with Crippen molar-refractivity contribution in [2.24, 2.45) is 11.0 Å². The van der Waals surface area contributed by atoms with Crippen molar-refractivity contribution in [3.8, 4) is 11.5 Å². The van der Waals surface area contributed by atoms with E-state index >= 15 is 0 Å². The van der Waals surface area contributed by atoms with Crippen LogP contribution in [0, 0.1) is 5.92 Å². The topological polar surface area (TPSA) is 59.9 Å². The number of carbonyl (C=O) groups excluding carboxylic acids is 1. The summed E-state index contributed by atoms with van der Waals surface area (Å²) >= 11 is 0. The Morgan fingerprint density at radius 2 is 1.81 bits per heavy atom. The highest BCUT2D eigenvalue weighted by Gasteiger charge is 2.12. The average molecular weight is 364 g/mol. The molecule has 0 aromatic heterocycles. The summed E-state index contributed by atoms with van der Waals surface area (Å²) in [5, 5.41) is 4.11. The number of nitrogens with zero attached hydrogens (tertiary/aromatic N) is 1. The quantitative estimate of drug-likeness (QED) is 0.330. The third-order valence-electron chi connectivity index (χ3n) is 4.25. The molecule has 3 rings (SSSR count). The second kappa shape index (κ2) is 10.2. The number of para-hydroxylation sites is 2. The molecule has 5 heteroatoms. The lowest BCUT2D eigenvalue weighted by molar-refractivity contribution is 0.0949. The first-order valence-corrected chi connectivity index (χ1v) is 9.21. The highest BCUT2D eigenvalue weighted by atomic mass is 16.5. The van der Waals surface area contributed by atoms with Gasteiger partial charge in [0, 0.05) is 6.21 Å². The molecule has 0 heterocycles. The molecule has 0 radical (unpaired) electrons. The molecule has 5 nitrogen and oxygen atoms in total. The molecular formula is C22H24N2O3. The summed E-state index contributed by atoms with van der Waals surface area (Å²) in [5.41, 5.74) is 3.05. The molecule has 140 valence electrons. The van der Waals surface area contributed by atoms with Gasteiger partial charge in [-0.2, -0.15) is 5.10 Å². The van der Waals surface area contributed by atoms with E-state index in [1.54, 1.807) is 18.2 Å². The standard InChI is InChI=1S/C22H24N2O3/c25-22(24-23-17-18-9-3-1-4-10-18)20-13-7-8-14-21(20)27-16-15-26-19-11-5-2-6-12-19/h1-3,5-8,11-14,17-18H,4,9-10,15-16H2,(H,24,25)/b23-17-/t18-/m1/s1. The zero-order valence-corrected chi connectivity index (χ0v) is 15.2. The van der Waals surface area contributed by atoms with Crippen molar-refractivity contribution in [2.45, 2.75) is 19.3 Å². The van der Waals surface area contributed by atoms with Crippen molar-refractivity contribution in [1.82, 2.24) is 5.43 Å². The zero-order valence-electron chi connectivity index (χ0n) is 15.2. The summed E-state index contributed by atoms with van der Waals surface area (Å²) in [4.78, 5) is 12.4. The van der Waals surface area contributed by atoms with Crippen LogP contribution in [0.3, 0.4) is 0 Å². The first kappa shape index (κ1) is 18.7. The van der Waals surface area contributed by atoms with Gasteiger partial charge in [0.2, 0.25) is 0 Å². The number of hydrazone groups is 1. The average Bonchev–Trinajstić information content (AvgIpc) is 2.73. The minimum Gasteiger partial charge on any atom is -0.490 e. The van der Waals surface area contributed by atoms with Gasteiger partial charge in [-0.25, -0.2) is 5.43 Å². The highest BCUT2D eigenvalue weighted by molar-refractivity contribution is 5.97. The Morgan fingerprint density at radius 3 is 2.63 bits per heavy atom. The maximum absolute atomic E-state index is 12.4. The molecule has 0 fully saturated rings. The van der Waals surface area contributed by atoms with Gasteiger partial charge in [-0.1, -0.05) is 42.5 Å². The maximum atomic E-state index is 12.4. The van der Waals surface area contributed by atoms with Crippen LogP contribution in [-0.2, 0) is 0 Å². The van der Waals surface area contributed by atoms with Crippen molar-refractivity contribution in [3.63, 3.8) is 0 Å². The molecule has 0 spiro atoms. The summed E-state index contributed by atoms with van der Waals surface area (Å²) in [6, 6.07) is 16.7. The van der Waals surface area contributed by atoms with Crippen LogP contribution < -0.4 is 14.9 Å². The minimum atomic E-state index is -0.280. The second-order valence-corrected chi connectivity index (χ2v) is 6.27. The molecule has 1 aliphatic rings. The van der Waals surface area contributed by atoms with Crippen LogP contribution in [-0.4, -0.2) is 25.3 Å². The molecule has 2 aromatic carbocycles. The number of amides is 1. The highest BCUT2D eigenvalue weighted by Crippen LogP contribution is 2.18. The Morgan fingerprint density at radius 1 is 1.04 bits per heavy atom. The molecule has 0 bridgehead atoms. The Balaban J connectivity index is 1.49. The fourth-order valence-corrected chi connectivity index (χ4v) is 2.82. The summed E-state index contributed by atoms with van der Waals surface area (Å²) in [6.07, 6.45) is 9.25. The number of benzene rings is 2. The third-order valence-corrected chi connectivity index (χ3v) is 4.25. The lowest BCUT2D eigenvalue weighted by Crippen LogP contribution is -2.20. The van der Waals surface area contributed by atoms with E-state index in [4.69, 9.17) is 9.47 Å². The van der Waals surface area contributed by atoms with Crippen LogP contribution in [0.1, 0.15) is 29.6 Å². The van der Waals surface area contributed by atoms with E-state index in [0.717, 1.165) is 25.0 Å². The van der Waals surface area contributed by atoms with Gasteiger partial charge in [0.15, 0.2) is 0 Å². The molecule has 0 saturated carbocycles. The lowest BCUT2D eigenvalue weighted by atomic mass is 9.96. The van der Waals surface area contributed by atoms with Gasteiger partial charge in [-0.05, 0) is 49.4 Å². The summed E-state index contributed by atoms with van der Waals surface area (Å²) in [6.45, 7) is 0.740. The number of allylic oxidation sites excluding steroid dienone is 2. The fourth-order valence-electron chi connectivity index (χ4n) is 2.82. The van der Waals surface area contributed by atoms with E-state index in [9.17, 15) is 4.79 Å². The molecule has 0 saturated heterocycles. The molecule has 0 aliphatic heterocycles. The molecule has 27 heavy (non-hydrogen) atoms. The van der Waals surface area contributed by atoms with E-state index in [0.29, 0.717) is 30.4 Å². The monoisotopic (exact) mass is 364 g/mol. The molecule has 1 atom stereocenters. The van der Waals surface area contributed by atoms with Crippen LogP contribution in [0.25, 0.3) is 0 Å². The summed E-state index contributed by atoms with van der Waals surface area (Å²) in [7, 11) is 0. The Hall–Kier alpha value is -3.08. The van der Waals surface area contributed by atoms with Crippen molar-refractivity contribution < 1.29 is 14.3 Å². The number of ether oxygens (including phenoxy) is 2. The normalized spacial score (nSPS) is 16.2. The van der Waals surface area contributed by atoms with E-state index in [-0.39, 0.29) is 5.91 Å². The Kier molecular flexibility index (Phi) is 7.04. The van der Waals surface area contributed by atoms with E-state index < -0.39 is 0 Å². The van der Waals surface area contributed by atoms with Crippen LogP contribution in [0.5, 0.6) is 11.5 Å². The lowest BCUT2D eigenvalue weighted by Gasteiger charge is -2.13. The summed E-state index contributed by atoms with van der Waals surface area (Å²) in [5.74, 6) is 1.41.